The van der Waals surface area contributed by atoms with Gasteiger partial charge in [-0.25, -0.2) is 0 Å². The quantitative estimate of drug-likeness (QED) is 0.845. The highest BCUT2D eigenvalue weighted by atomic mass is 32.2. The van der Waals surface area contributed by atoms with Gasteiger partial charge in [0.2, 0.25) is 5.91 Å². The Balaban J connectivity index is 1.40. The molecule has 1 atom stereocenters. The molecule has 146 valence electrons. The summed E-state index contributed by atoms with van der Waals surface area (Å²) in [6.45, 7) is 1.70. The van der Waals surface area contributed by atoms with Gasteiger partial charge in [-0.15, -0.1) is 4.40 Å². The summed E-state index contributed by atoms with van der Waals surface area (Å²) in [5, 5.41) is 2.98. The van der Waals surface area contributed by atoms with Crippen molar-refractivity contribution in [3.63, 3.8) is 0 Å². The average molecular weight is 398 g/mol. The molecule has 2 aliphatic rings. The summed E-state index contributed by atoms with van der Waals surface area (Å²) in [5.41, 5.74) is 1.56. The van der Waals surface area contributed by atoms with E-state index in [1.165, 1.54) is 0 Å². The van der Waals surface area contributed by atoms with E-state index in [-0.39, 0.29) is 16.7 Å². The van der Waals surface area contributed by atoms with E-state index in [1.807, 2.05) is 23.1 Å². The molecule has 0 unspecified atom stereocenters. The van der Waals surface area contributed by atoms with Crippen molar-refractivity contribution in [2.45, 2.75) is 24.2 Å². The maximum atomic E-state index is 12.6. The third kappa shape index (κ3) is 3.77. The third-order valence-electron chi connectivity index (χ3n) is 5.11. The molecule has 0 bridgehead atoms. The normalized spacial score (nSPS) is 20.4. The number of benzene rings is 1. The molecular weight excluding hydrogens is 376 g/mol. The lowest BCUT2D eigenvalue weighted by Crippen LogP contribution is -2.45. The number of hydrogen-bond acceptors (Lipinski definition) is 5. The topological polar surface area (TPSA) is 91.7 Å². The van der Waals surface area contributed by atoms with Crippen molar-refractivity contribution in [3.8, 4) is 0 Å². The number of fused-ring (bicyclic) bond motifs is 1. The van der Waals surface area contributed by atoms with Gasteiger partial charge in [-0.3, -0.25) is 9.78 Å². The van der Waals surface area contributed by atoms with Gasteiger partial charge in [0.15, 0.2) is 5.84 Å². The van der Waals surface area contributed by atoms with Crippen LogP contribution >= 0.6 is 0 Å². The molecule has 1 saturated heterocycles. The molecule has 2 aromatic rings. The number of rotatable bonds is 4. The Morgan fingerprint density at radius 1 is 1.18 bits per heavy atom. The first-order chi connectivity index (χ1) is 13.5. The molecule has 0 aliphatic carbocycles. The number of nitrogens with one attached hydrogen (secondary N) is 1. The van der Waals surface area contributed by atoms with E-state index in [9.17, 15) is 13.2 Å². The van der Waals surface area contributed by atoms with Crippen molar-refractivity contribution < 1.29 is 13.2 Å². The summed E-state index contributed by atoms with van der Waals surface area (Å²) in [6.07, 6.45) is 4.03. The Labute approximate surface area is 164 Å². The van der Waals surface area contributed by atoms with Gasteiger partial charge in [0, 0.05) is 43.5 Å². The Morgan fingerprint density at radius 3 is 2.82 bits per heavy atom. The molecule has 0 saturated carbocycles. The molecule has 28 heavy (non-hydrogen) atoms. The number of likely N-dealkylation sites (tertiary alicyclic amines) is 1. The van der Waals surface area contributed by atoms with Gasteiger partial charge >= 0.3 is 0 Å². The van der Waals surface area contributed by atoms with E-state index >= 15 is 0 Å². The molecule has 1 N–H and O–H groups in total. The Hall–Kier alpha value is -2.74. The smallest absolute Gasteiger partial charge is 0.285 e. The van der Waals surface area contributed by atoms with Crippen LogP contribution in [0.1, 0.15) is 24.1 Å². The number of amides is 1. The minimum atomic E-state index is -3.65. The van der Waals surface area contributed by atoms with E-state index in [4.69, 9.17) is 0 Å². The molecule has 1 aromatic carbocycles. The van der Waals surface area contributed by atoms with Gasteiger partial charge < -0.3 is 10.2 Å². The van der Waals surface area contributed by atoms with Crippen LogP contribution in [-0.2, 0) is 21.2 Å². The number of nitrogens with zero attached hydrogens (tertiary/aromatic N) is 3. The first-order valence-electron chi connectivity index (χ1n) is 9.41. The highest BCUT2D eigenvalue weighted by molar-refractivity contribution is 7.90. The third-order valence-corrected chi connectivity index (χ3v) is 6.44. The maximum Gasteiger partial charge on any atom is 0.285 e. The molecule has 2 aliphatic heterocycles. The summed E-state index contributed by atoms with van der Waals surface area (Å²) < 4.78 is 28.6. The van der Waals surface area contributed by atoms with Crippen molar-refractivity contribution in [1.82, 2.24) is 15.2 Å². The number of amidine groups is 1. The average Bonchev–Trinajstić information content (AvgIpc) is 3.00. The van der Waals surface area contributed by atoms with Crippen LogP contribution in [0.15, 0.2) is 58.0 Å². The lowest BCUT2D eigenvalue weighted by atomic mass is 9.96. The zero-order valence-electron chi connectivity index (χ0n) is 15.4. The SMILES string of the molecule is O=C(NCCc1ccccn1)[C@@H]1CCCN(C2=NS(=O)(=O)c3ccccc32)C1. The number of piperidine rings is 1. The van der Waals surface area contributed by atoms with E-state index in [0.717, 1.165) is 18.5 Å². The number of sulfonamides is 1. The number of hydrogen-bond donors (Lipinski definition) is 1. The van der Waals surface area contributed by atoms with E-state index in [0.29, 0.717) is 37.5 Å². The molecule has 3 heterocycles. The monoisotopic (exact) mass is 398 g/mol. The van der Waals surface area contributed by atoms with Crippen molar-refractivity contribution in [2.24, 2.45) is 10.3 Å². The highest BCUT2D eigenvalue weighted by Crippen LogP contribution is 2.29. The molecular formula is C20H22N4O3S. The first kappa shape index (κ1) is 18.6. The van der Waals surface area contributed by atoms with Crippen LogP contribution in [0.3, 0.4) is 0 Å². The second-order valence-electron chi connectivity index (χ2n) is 7.03. The Morgan fingerprint density at radius 2 is 2.00 bits per heavy atom. The molecule has 7 nitrogen and oxygen atoms in total. The molecule has 1 amide bonds. The second kappa shape index (κ2) is 7.71. The standard InChI is InChI=1S/C20H22N4O3S/c25-20(22-12-10-16-7-3-4-11-21-16)15-6-5-13-24(14-15)19-17-8-1-2-9-18(17)28(26,27)23-19/h1-4,7-9,11,15H,5-6,10,12-14H2,(H,22,25)/t15-/m1/s1. The van der Waals surface area contributed by atoms with E-state index in [2.05, 4.69) is 14.7 Å². The van der Waals surface area contributed by atoms with Gasteiger partial charge in [-0.05, 0) is 37.1 Å². The zero-order chi connectivity index (χ0) is 19.6. The number of pyridine rings is 1. The van der Waals surface area contributed by atoms with Crippen LogP contribution in [0.25, 0.3) is 0 Å². The molecule has 4 rings (SSSR count). The van der Waals surface area contributed by atoms with Crippen molar-refractivity contribution in [1.29, 1.82) is 0 Å². The van der Waals surface area contributed by atoms with Crippen molar-refractivity contribution in [3.05, 3.63) is 59.9 Å². The fourth-order valence-corrected chi connectivity index (χ4v) is 4.93. The van der Waals surface area contributed by atoms with Crippen LogP contribution in [0.2, 0.25) is 0 Å². The predicted octanol–water partition coefficient (Wildman–Crippen LogP) is 1.60. The van der Waals surface area contributed by atoms with Crippen LogP contribution in [0, 0.1) is 5.92 Å². The zero-order valence-corrected chi connectivity index (χ0v) is 16.2. The molecule has 0 radical (unpaired) electrons. The largest absolute Gasteiger partial charge is 0.355 e. The van der Waals surface area contributed by atoms with Crippen molar-refractivity contribution in [2.75, 3.05) is 19.6 Å². The minimum Gasteiger partial charge on any atom is -0.355 e. The van der Waals surface area contributed by atoms with Crippen molar-refractivity contribution >= 4 is 21.8 Å². The fourth-order valence-electron chi connectivity index (χ4n) is 3.70. The van der Waals surface area contributed by atoms with Crippen LogP contribution in [-0.4, -0.2) is 49.7 Å². The summed E-state index contributed by atoms with van der Waals surface area (Å²) >= 11 is 0. The highest BCUT2D eigenvalue weighted by Gasteiger charge is 2.35. The maximum absolute atomic E-state index is 12.6. The molecule has 8 heteroatoms. The summed E-state index contributed by atoms with van der Waals surface area (Å²) in [5.74, 6) is 0.271. The van der Waals surface area contributed by atoms with Gasteiger partial charge in [0.05, 0.1) is 5.92 Å². The molecule has 0 spiro atoms. The summed E-state index contributed by atoms with van der Waals surface area (Å²) in [7, 11) is -3.65. The Bertz CT molecular complexity index is 1010. The van der Waals surface area contributed by atoms with Crippen LogP contribution in [0.4, 0.5) is 0 Å². The van der Waals surface area contributed by atoms with Gasteiger partial charge in [0.25, 0.3) is 10.0 Å². The minimum absolute atomic E-state index is 0.00429. The number of aromatic nitrogens is 1. The van der Waals surface area contributed by atoms with Gasteiger partial charge in [-0.2, -0.15) is 8.42 Å². The van der Waals surface area contributed by atoms with Crippen LogP contribution < -0.4 is 5.32 Å². The summed E-state index contributed by atoms with van der Waals surface area (Å²) in [6, 6.07) is 12.6. The lowest BCUT2D eigenvalue weighted by molar-refractivity contribution is -0.126. The summed E-state index contributed by atoms with van der Waals surface area (Å²) in [4.78, 5) is 19.0. The van der Waals surface area contributed by atoms with E-state index in [1.54, 1.807) is 30.5 Å². The van der Waals surface area contributed by atoms with E-state index < -0.39 is 10.0 Å². The number of carbonyl (C=O) groups excluding carboxylic acids is 1. The first-order valence-corrected chi connectivity index (χ1v) is 10.9. The number of carbonyl (C=O) groups is 1. The second-order valence-corrected chi connectivity index (χ2v) is 8.61. The fraction of sp³-hybridized carbons (Fsp3) is 0.350. The lowest BCUT2D eigenvalue weighted by Gasteiger charge is -2.33. The molecule has 1 aromatic heterocycles. The molecule has 1 fully saturated rings. The predicted molar refractivity (Wildman–Crippen MR) is 105 cm³/mol. The van der Waals surface area contributed by atoms with Crippen LogP contribution in [0.5, 0.6) is 0 Å². The Kier molecular flexibility index (Phi) is 5.13. The van der Waals surface area contributed by atoms with Gasteiger partial charge in [-0.1, -0.05) is 18.2 Å². The van der Waals surface area contributed by atoms with Gasteiger partial charge in [0.1, 0.15) is 4.90 Å².